The zero-order valence-electron chi connectivity index (χ0n) is 14.5. The van der Waals surface area contributed by atoms with Gasteiger partial charge in [0.15, 0.2) is 0 Å². The fourth-order valence-corrected chi connectivity index (χ4v) is 2.77. The molecule has 3 heterocycles. The maximum atomic E-state index is 11.8. The third-order valence-corrected chi connectivity index (χ3v) is 4.16. The number of piperazine rings is 1. The summed E-state index contributed by atoms with van der Waals surface area (Å²) in [4.78, 5) is 29.2. The number of carbonyl (C=O) groups excluding carboxylic acids is 1. The molecule has 0 unspecified atom stereocenters. The number of pyridine rings is 1. The van der Waals surface area contributed by atoms with Crippen LogP contribution in [-0.4, -0.2) is 53.7 Å². The minimum Gasteiger partial charge on any atom is -0.462 e. The highest BCUT2D eigenvalue weighted by molar-refractivity contribution is 5.90. The predicted octanol–water partition coefficient (Wildman–Crippen LogP) is 1.27. The first kappa shape index (κ1) is 16.9. The maximum Gasteiger partial charge on any atom is 0.341 e. The van der Waals surface area contributed by atoms with Gasteiger partial charge in [0.05, 0.1) is 29.7 Å². The Bertz CT molecular complexity index is 741. The number of nitrogen functional groups attached to an aromatic ring is 1. The van der Waals surface area contributed by atoms with E-state index < -0.39 is 0 Å². The predicted molar refractivity (Wildman–Crippen MR) is 95.8 cm³/mol. The second-order valence-corrected chi connectivity index (χ2v) is 5.80. The van der Waals surface area contributed by atoms with Gasteiger partial charge in [-0.15, -0.1) is 0 Å². The number of carbonyl (C=O) groups is 1. The van der Waals surface area contributed by atoms with E-state index in [0.29, 0.717) is 29.6 Å². The standard InChI is InChI=1S/C17H22N6O2/c1-3-25-16(24)14-11-20-17(21-12(14)2)23-8-6-22(7-9-23)13-4-5-15(18)19-10-13/h4-5,10-11H,3,6-9H2,1-2H3,(H2,18,19). The molecular weight excluding hydrogens is 320 g/mol. The van der Waals surface area contributed by atoms with E-state index in [-0.39, 0.29) is 5.97 Å². The Morgan fingerprint density at radius 2 is 1.88 bits per heavy atom. The summed E-state index contributed by atoms with van der Waals surface area (Å²) in [5, 5.41) is 0. The Morgan fingerprint density at radius 1 is 1.16 bits per heavy atom. The van der Waals surface area contributed by atoms with Crippen molar-refractivity contribution in [3.05, 3.63) is 35.8 Å². The van der Waals surface area contributed by atoms with E-state index in [9.17, 15) is 4.79 Å². The van der Waals surface area contributed by atoms with Gasteiger partial charge in [-0.05, 0) is 26.0 Å². The van der Waals surface area contributed by atoms with E-state index in [4.69, 9.17) is 10.5 Å². The zero-order chi connectivity index (χ0) is 17.8. The molecule has 2 aromatic heterocycles. The van der Waals surface area contributed by atoms with Crippen LogP contribution in [0.4, 0.5) is 17.5 Å². The van der Waals surface area contributed by atoms with Gasteiger partial charge in [0.25, 0.3) is 0 Å². The fraction of sp³-hybridized carbons (Fsp3) is 0.412. The average Bonchev–Trinajstić information content (AvgIpc) is 2.62. The van der Waals surface area contributed by atoms with Crippen molar-refractivity contribution < 1.29 is 9.53 Å². The summed E-state index contributed by atoms with van der Waals surface area (Å²) in [7, 11) is 0. The molecule has 1 fully saturated rings. The van der Waals surface area contributed by atoms with Crippen LogP contribution in [0.5, 0.6) is 0 Å². The van der Waals surface area contributed by atoms with Crippen LogP contribution in [0.2, 0.25) is 0 Å². The highest BCUT2D eigenvalue weighted by Crippen LogP contribution is 2.19. The lowest BCUT2D eigenvalue weighted by Crippen LogP contribution is -2.47. The van der Waals surface area contributed by atoms with Crippen molar-refractivity contribution in [1.82, 2.24) is 15.0 Å². The molecule has 0 amide bonds. The zero-order valence-corrected chi connectivity index (χ0v) is 14.5. The van der Waals surface area contributed by atoms with E-state index in [1.807, 2.05) is 12.1 Å². The molecule has 25 heavy (non-hydrogen) atoms. The molecule has 1 aliphatic heterocycles. The van der Waals surface area contributed by atoms with Crippen molar-refractivity contribution in [1.29, 1.82) is 0 Å². The van der Waals surface area contributed by atoms with E-state index in [0.717, 1.165) is 31.9 Å². The SMILES string of the molecule is CCOC(=O)c1cnc(N2CCN(c3ccc(N)nc3)CC2)nc1C. The number of aryl methyl sites for hydroxylation is 1. The number of rotatable bonds is 4. The lowest BCUT2D eigenvalue weighted by atomic mass is 10.2. The highest BCUT2D eigenvalue weighted by Gasteiger charge is 2.21. The number of anilines is 3. The molecule has 132 valence electrons. The second-order valence-electron chi connectivity index (χ2n) is 5.80. The molecule has 2 N–H and O–H groups in total. The maximum absolute atomic E-state index is 11.8. The first-order valence-corrected chi connectivity index (χ1v) is 8.30. The van der Waals surface area contributed by atoms with Crippen molar-refractivity contribution in [2.75, 3.05) is 48.3 Å². The van der Waals surface area contributed by atoms with Gasteiger partial charge >= 0.3 is 5.97 Å². The van der Waals surface area contributed by atoms with Gasteiger partial charge in [0.2, 0.25) is 5.95 Å². The molecule has 0 atom stereocenters. The summed E-state index contributed by atoms with van der Waals surface area (Å²) in [6.07, 6.45) is 3.34. The summed E-state index contributed by atoms with van der Waals surface area (Å²) in [6.45, 7) is 7.18. The van der Waals surface area contributed by atoms with Gasteiger partial charge in [0.1, 0.15) is 5.82 Å². The van der Waals surface area contributed by atoms with Crippen molar-refractivity contribution in [3.8, 4) is 0 Å². The first-order chi connectivity index (χ1) is 12.1. The van der Waals surface area contributed by atoms with E-state index >= 15 is 0 Å². The molecule has 1 aliphatic rings. The van der Waals surface area contributed by atoms with Crippen LogP contribution >= 0.6 is 0 Å². The largest absolute Gasteiger partial charge is 0.462 e. The monoisotopic (exact) mass is 342 g/mol. The van der Waals surface area contributed by atoms with Gasteiger partial charge in [-0.25, -0.2) is 19.7 Å². The molecule has 0 saturated carbocycles. The third-order valence-electron chi connectivity index (χ3n) is 4.16. The molecule has 8 nitrogen and oxygen atoms in total. The summed E-state index contributed by atoms with van der Waals surface area (Å²) in [5.74, 6) is 0.779. The van der Waals surface area contributed by atoms with Gasteiger partial charge in [-0.1, -0.05) is 0 Å². The Labute approximate surface area is 146 Å². The van der Waals surface area contributed by atoms with Gasteiger partial charge in [-0.2, -0.15) is 0 Å². The number of hydrogen-bond acceptors (Lipinski definition) is 8. The normalized spacial score (nSPS) is 14.5. The Hall–Kier alpha value is -2.90. The van der Waals surface area contributed by atoms with Gasteiger partial charge in [0, 0.05) is 32.4 Å². The molecule has 0 bridgehead atoms. The van der Waals surface area contributed by atoms with E-state index in [1.165, 1.54) is 0 Å². The summed E-state index contributed by atoms with van der Waals surface area (Å²) < 4.78 is 5.01. The molecule has 1 saturated heterocycles. The minimum absolute atomic E-state index is 0.335. The number of hydrogen-bond donors (Lipinski definition) is 1. The first-order valence-electron chi connectivity index (χ1n) is 8.30. The van der Waals surface area contributed by atoms with Crippen LogP contribution in [-0.2, 0) is 4.74 Å². The topological polar surface area (TPSA) is 97.5 Å². The quantitative estimate of drug-likeness (QED) is 0.830. The second kappa shape index (κ2) is 7.33. The number of aromatic nitrogens is 3. The molecule has 3 rings (SSSR count). The third kappa shape index (κ3) is 3.78. The summed E-state index contributed by atoms with van der Waals surface area (Å²) in [6, 6.07) is 3.79. The Kier molecular flexibility index (Phi) is 4.97. The van der Waals surface area contributed by atoms with E-state index in [1.54, 1.807) is 26.2 Å². The fourth-order valence-electron chi connectivity index (χ4n) is 2.77. The molecule has 8 heteroatoms. The molecule has 0 aromatic carbocycles. The Balaban J connectivity index is 1.65. The molecule has 2 aromatic rings. The lowest BCUT2D eigenvalue weighted by molar-refractivity contribution is 0.0524. The van der Waals surface area contributed by atoms with Crippen molar-refractivity contribution in [3.63, 3.8) is 0 Å². The number of esters is 1. The van der Waals surface area contributed by atoms with Gasteiger partial charge in [-0.3, -0.25) is 0 Å². The van der Waals surface area contributed by atoms with Crippen LogP contribution in [0.15, 0.2) is 24.5 Å². The van der Waals surface area contributed by atoms with Crippen LogP contribution < -0.4 is 15.5 Å². The molecule has 0 spiro atoms. The molecule has 0 radical (unpaired) electrons. The molecule has 0 aliphatic carbocycles. The summed E-state index contributed by atoms with van der Waals surface area (Å²) >= 11 is 0. The average molecular weight is 342 g/mol. The number of nitrogens with two attached hydrogens (primary N) is 1. The van der Waals surface area contributed by atoms with Crippen LogP contribution in [0.3, 0.4) is 0 Å². The van der Waals surface area contributed by atoms with Gasteiger partial charge < -0.3 is 20.3 Å². The van der Waals surface area contributed by atoms with Crippen LogP contribution in [0.25, 0.3) is 0 Å². The smallest absolute Gasteiger partial charge is 0.341 e. The number of ether oxygens (including phenoxy) is 1. The molecular formula is C17H22N6O2. The van der Waals surface area contributed by atoms with Crippen LogP contribution in [0, 0.1) is 6.92 Å². The lowest BCUT2D eigenvalue weighted by Gasteiger charge is -2.36. The summed E-state index contributed by atoms with van der Waals surface area (Å²) in [5.41, 5.74) is 7.74. The van der Waals surface area contributed by atoms with Crippen molar-refractivity contribution >= 4 is 23.4 Å². The van der Waals surface area contributed by atoms with Crippen molar-refractivity contribution in [2.24, 2.45) is 0 Å². The minimum atomic E-state index is -0.382. The van der Waals surface area contributed by atoms with Crippen molar-refractivity contribution in [2.45, 2.75) is 13.8 Å². The number of nitrogens with zero attached hydrogens (tertiary/aromatic N) is 5. The van der Waals surface area contributed by atoms with Crippen LogP contribution in [0.1, 0.15) is 23.0 Å². The highest BCUT2D eigenvalue weighted by atomic mass is 16.5. The van der Waals surface area contributed by atoms with E-state index in [2.05, 4.69) is 24.8 Å². The Morgan fingerprint density at radius 3 is 2.48 bits per heavy atom.